The Morgan fingerprint density at radius 3 is 2.41 bits per heavy atom. The number of carbonyl (C=O) groups is 1. The molecule has 4 rings (SSSR count). The minimum absolute atomic E-state index is 0.107. The van der Waals surface area contributed by atoms with E-state index in [2.05, 4.69) is 10.3 Å². The van der Waals surface area contributed by atoms with Crippen molar-refractivity contribution in [1.82, 2.24) is 15.2 Å². The molecule has 0 radical (unpaired) electrons. The molecule has 5 nitrogen and oxygen atoms in total. The third-order valence-corrected chi connectivity index (χ3v) is 6.13. The van der Waals surface area contributed by atoms with Crippen LogP contribution in [-0.2, 0) is 11.0 Å². The lowest BCUT2D eigenvalue weighted by Crippen LogP contribution is -2.47. The zero-order valence-electron chi connectivity index (χ0n) is 18.7. The first kappa shape index (κ1) is 22.6. The normalized spacial score (nSPS) is 23.9. The maximum absolute atomic E-state index is 13.0. The van der Waals surface area contributed by atoms with E-state index in [1.165, 1.54) is 12.1 Å². The van der Waals surface area contributed by atoms with Crippen molar-refractivity contribution in [2.75, 3.05) is 13.6 Å². The summed E-state index contributed by atoms with van der Waals surface area (Å²) in [5, 5.41) is 3.49. The second-order valence-corrected chi connectivity index (χ2v) is 9.69. The number of rotatable bonds is 3. The lowest BCUT2D eigenvalue weighted by Gasteiger charge is -2.25. The smallest absolute Gasteiger partial charge is 0.416 e. The predicted molar refractivity (Wildman–Crippen MR) is 115 cm³/mol. The maximum atomic E-state index is 13.0. The van der Waals surface area contributed by atoms with Crippen molar-refractivity contribution in [2.45, 2.75) is 63.4 Å². The van der Waals surface area contributed by atoms with E-state index in [0.29, 0.717) is 16.9 Å². The fourth-order valence-electron chi connectivity index (χ4n) is 4.51. The number of halogens is 3. The summed E-state index contributed by atoms with van der Waals surface area (Å²) in [7, 11) is 1.81. The third-order valence-electron chi connectivity index (χ3n) is 6.13. The number of amides is 1. The predicted octanol–water partition coefficient (Wildman–Crippen LogP) is 4.97. The van der Waals surface area contributed by atoms with E-state index in [-0.39, 0.29) is 11.9 Å². The fourth-order valence-corrected chi connectivity index (χ4v) is 4.51. The van der Waals surface area contributed by atoms with Gasteiger partial charge in [0, 0.05) is 19.2 Å². The van der Waals surface area contributed by atoms with E-state index in [1.807, 2.05) is 33.9 Å². The average molecular weight is 448 g/mol. The van der Waals surface area contributed by atoms with Crippen LogP contribution in [0.4, 0.5) is 13.2 Å². The molecule has 0 aliphatic carbocycles. The van der Waals surface area contributed by atoms with Gasteiger partial charge in [-0.25, -0.2) is 0 Å². The van der Waals surface area contributed by atoms with Crippen LogP contribution in [0.3, 0.4) is 0 Å². The number of ether oxygens (including phenoxy) is 1. The Labute approximate surface area is 186 Å². The van der Waals surface area contributed by atoms with Gasteiger partial charge in [-0.3, -0.25) is 15.1 Å². The molecule has 8 heteroatoms. The van der Waals surface area contributed by atoms with Gasteiger partial charge >= 0.3 is 6.18 Å². The monoisotopic (exact) mass is 447 g/mol. The van der Waals surface area contributed by atoms with Gasteiger partial charge in [0.1, 0.15) is 16.9 Å². The molecule has 0 unspecified atom stereocenters. The van der Waals surface area contributed by atoms with Crippen molar-refractivity contribution in [3.63, 3.8) is 0 Å². The van der Waals surface area contributed by atoms with E-state index in [1.54, 1.807) is 11.1 Å². The molecule has 1 N–H and O–H groups in total. The van der Waals surface area contributed by atoms with Gasteiger partial charge in [-0.15, -0.1) is 0 Å². The number of aromatic nitrogens is 1. The van der Waals surface area contributed by atoms with Crippen LogP contribution in [-0.4, -0.2) is 40.5 Å². The number of pyridine rings is 1. The summed E-state index contributed by atoms with van der Waals surface area (Å²) in [5.74, 6) is 0.612. The molecule has 3 heterocycles. The highest BCUT2D eigenvalue weighted by Gasteiger charge is 2.50. The number of alkyl halides is 3. The lowest BCUT2D eigenvalue weighted by atomic mass is 9.96. The van der Waals surface area contributed by atoms with Crippen molar-refractivity contribution in [3.8, 4) is 16.9 Å². The second kappa shape index (κ2) is 7.76. The first-order chi connectivity index (χ1) is 14.9. The molecule has 2 atom stereocenters. The Morgan fingerprint density at radius 1 is 1.16 bits per heavy atom. The minimum atomic E-state index is -4.39. The van der Waals surface area contributed by atoms with Gasteiger partial charge in [0.25, 0.3) is 0 Å². The largest absolute Gasteiger partial charge is 0.486 e. The molecule has 0 bridgehead atoms. The van der Waals surface area contributed by atoms with Crippen LogP contribution >= 0.6 is 0 Å². The van der Waals surface area contributed by atoms with E-state index in [9.17, 15) is 18.0 Å². The van der Waals surface area contributed by atoms with E-state index >= 15 is 0 Å². The van der Waals surface area contributed by atoms with Crippen LogP contribution in [0.2, 0.25) is 0 Å². The summed E-state index contributed by atoms with van der Waals surface area (Å²) in [4.78, 5) is 19.0. The van der Waals surface area contributed by atoms with Gasteiger partial charge in [-0.2, -0.15) is 13.2 Å². The molecule has 2 aliphatic heterocycles. The van der Waals surface area contributed by atoms with Gasteiger partial charge in [-0.05, 0) is 63.8 Å². The average Bonchev–Trinajstić information content (AvgIpc) is 3.26. The number of nitrogens with one attached hydrogen (secondary N) is 1. The molecule has 32 heavy (non-hydrogen) atoms. The Morgan fingerprint density at radius 2 is 1.84 bits per heavy atom. The number of carbonyl (C=O) groups excluding carboxylic acids is 1. The fraction of sp³-hybridized carbons (Fsp3) is 0.500. The molecular weight excluding hydrogens is 419 g/mol. The van der Waals surface area contributed by atoms with Crippen molar-refractivity contribution in [2.24, 2.45) is 0 Å². The number of likely N-dealkylation sites (tertiary alicyclic amines) is 1. The molecule has 2 fully saturated rings. The number of benzene rings is 1. The Balaban J connectivity index is 1.68. The summed E-state index contributed by atoms with van der Waals surface area (Å²) in [6.45, 7) is 6.44. The Bertz CT molecular complexity index is 1010. The van der Waals surface area contributed by atoms with Crippen LogP contribution < -0.4 is 10.1 Å². The van der Waals surface area contributed by atoms with Crippen molar-refractivity contribution in [1.29, 1.82) is 0 Å². The second-order valence-electron chi connectivity index (χ2n) is 9.69. The van der Waals surface area contributed by atoms with Gasteiger partial charge in [0.15, 0.2) is 0 Å². The van der Waals surface area contributed by atoms with Crippen molar-refractivity contribution < 1.29 is 22.7 Å². The third kappa shape index (κ3) is 4.33. The van der Waals surface area contributed by atoms with E-state index < -0.39 is 22.9 Å². The van der Waals surface area contributed by atoms with Crippen LogP contribution in [0.5, 0.6) is 5.75 Å². The highest BCUT2D eigenvalue weighted by Crippen LogP contribution is 2.41. The summed E-state index contributed by atoms with van der Waals surface area (Å²) in [5.41, 5.74) is 0.301. The summed E-state index contributed by atoms with van der Waals surface area (Å²) in [6.07, 6.45) is -0.509. The highest BCUT2D eigenvalue weighted by molar-refractivity contribution is 5.88. The van der Waals surface area contributed by atoms with Crippen molar-refractivity contribution in [3.05, 3.63) is 47.8 Å². The Kier molecular flexibility index (Phi) is 5.48. The Hall–Kier alpha value is -2.61. The lowest BCUT2D eigenvalue weighted by molar-refractivity contribution is -0.137. The van der Waals surface area contributed by atoms with Gasteiger partial charge in [0.2, 0.25) is 5.91 Å². The zero-order valence-corrected chi connectivity index (χ0v) is 18.7. The van der Waals surface area contributed by atoms with Crippen LogP contribution in [0, 0.1) is 0 Å². The molecule has 1 amide bonds. The van der Waals surface area contributed by atoms with Gasteiger partial charge in [0.05, 0.1) is 23.5 Å². The van der Waals surface area contributed by atoms with Crippen molar-refractivity contribution >= 4 is 5.91 Å². The number of hydrogen-bond acceptors (Lipinski definition) is 4. The summed E-state index contributed by atoms with van der Waals surface area (Å²) in [6, 6.07) is 6.82. The van der Waals surface area contributed by atoms with E-state index in [4.69, 9.17) is 4.74 Å². The minimum Gasteiger partial charge on any atom is -0.486 e. The number of nitrogens with zero attached hydrogens (tertiary/aromatic N) is 2. The van der Waals surface area contributed by atoms with Gasteiger partial charge in [-0.1, -0.05) is 12.1 Å². The molecule has 2 saturated heterocycles. The molecule has 172 valence electrons. The zero-order chi connectivity index (χ0) is 23.3. The number of hydrogen-bond donors (Lipinski definition) is 1. The maximum Gasteiger partial charge on any atom is 0.416 e. The molecule has 0 saturated carbocycles. The quantitative estimate of drug-likeness (QED) is 0.722. The molecule has 1 spiro atoms. The standard InChI is InChI=1S/C24H28F3N3O2/c1-22(2,3)32-20-14-28-19(18-9-10-23(29-18)11-12-30(4)21(23)31)13-17(20)15-5-7-16(8-6-15)24(25,26)27/h5-8,13-14,18,29H,9-12H2,1-4H3/t18-,23+/m0/s1. The summed E-state index contributed by atoms with van der Waals surface area (Å²) < 4.78 is 45.1. The molecular formula is C24H28F3N3O2. The van der Waals surface area contributed by atoms with Crippen LogP contribution in [0.1, 0.15) is 57.3 Å². The molecule has 2 aromatic rings. The van der Waals surface area contributed by atoms with Crippen LogP contribution in [0.25, 0.3) is 11.1 Å². The van der Waals surface area contributed by atoms with E-state index in [0.717, 1.165) is 43.6 Å². The SMILES string of the molecule is CN1CC[C@]2(CC[C@@H](c3cc(-c4ccc(C(F)(F)F)cc4)c(OC(C)(C)C)cn3)N2)C1=O. The topological polar surface area (TPSA) is 54.5 Å². The van der Waals surface area contributed by atoms with Crippen LogP contribution in [0.15, 0.2) is 36.5 Å². The molecule has 1 aromatic heterocycles. The molecule has 1 aromatic carbocycles. The highest BCUT2D eigenvalue weighted by atomic mass is 19.4. The first-order valence-corrected chi connectivity index (χ1v) is 10.8. The summed E-state index contributed by atoms with van der Waals surface area (Å²) >= 11 is 0. The molecule has 2 aliphatic rings. The van der Waals surface area contributed by atoms with Gasteiger partial charge < -0.3 is 9.64 Å². The number of likely N-dealkylation sites (N-methyl/N-ethyl adjacent to an activating group) is 1. The first-order valence-electron chi connectivity index (χ1n) is 10.8.